The number of quaternary nitrogens is 1. The Labute approximate surface area is 283 Å². The third-order valence-corrected chi connectivity index (χ3v) is 9.18. The van der Waals surface area contributed by atoms with Crippen LogP contribution in [0.2, 0.25) is 0 Å². The normalized spacial score (nSPS) is 13.8. The molecule has 0 spiro atoms. The molecule has 1 N–H and O–H groups in total. The van der Waals surface area contributed by atoms with Gasteiger partial charge in [-0.2, -0.15) is 0 Å². The summed E-state index contributed by atoms with van der Waals surface area (Å²) in [5.74, 6) is -0.889. The molecule has 10 heteroatoms. The highest BCUT2D eigenvalue weighted by Crippen LogP contribution is 2.43. The topological polar surface area (TPSA) is 108 Å². The van der Waals surface area contributed by atoms with E-state index in [2.05, 4.69) is 6.92 Å². The van der Waals surface area contributed by atoms with Crippen molar-refractivity contribution in [3.63, 3.8) is 0 Å². The minimum absolute atomic E-state index is 0.0338. The molecule has 0 rings (SSSR count). The predicted molar refractivity (Wildman–Crippen MR) is 188 cm³/mol. The second kappa shape index (κ2) is 30.1. The standard InChI is InChI=1S/C36H72NO8P/c1-6-8-9-10-11-12-13-14-15-16-17-18-19-20-21-22-23-24-25-26-27-28-29-36(39)45-34(32-42-35(38)7-2)33-44-46(40,41)43-31-30-37(3,4)5/h34H,6-33H2,1-5H3/p+1. The molecule has 0 aliphatic carbocycles. The Morgan fingerprint density at radius 1 is 0.609 bits per heavy atom. The van der Waals surface area contributed by atoms with Gasteiger partial charge in [0, 0.05) is 12.8 Å². The maximum Gasteiger partial charge on any atom is 0.472 e. The molecular formula is C36H73NO8P+. The van der Waals surface area contributed by atoms with Crippen LogP contribution in [0.1, 0.15) is 168 Å². The van der Waals surface area contributed by atoms with E-state index in [0.717, 1.165) is 12.8 Å². The molecule has 0 aliphatic rings. The molecule has 0 amide bonds. The van der Waals surface area contributed by atoms with Crippen molar-refractivity contribution in [3.8, 4) is 0 Å². The lowest BCUT2D eigenvalue weighted by Crippen LogP contribution is -2.37. The first-order chi connectivity index (χ1) is 22.0. The maximum atomic E-state index is 12.4. The van der Waals surface area contributed by atoms with Gasteiger partial charge in [0.15, 0.2) is 6.10 Å². The van der Waals surface area contributed by atoms with E-state index in [1.807, 2.05) is 21.1 Å². The first kappa shape index (κ1) is 45.0. The molecule has 0 fully saturated rings. The van der Waals surface area contributed by atoms with E-state index in [4.69, 9.17) is 18.5 Å². The predicted octanol–water partition coefficient (Wildman–Crippen LogP) is 9.68. The number of hydrogen-bond acceptors (Lipinski definition) is 7. The van der Waals surface area contributed by atoms with Crippen molar-refractivity contribution in [2.45, 2.75) is 174 Å². The Morgan fingerprint density at radius 3 is 1.41 bits per heavy atom. The third-order valence-electron chi connectivity index (χ3n) is 8.19. The second-order valence-electron chi connectivity index (χ2n) is 13.9. The number of nitrogens with zero attached hydrogens (tertiary/aromatic N) is 1. The van der Waals surface area contributed by atoms with E-state index in [1.54, 1.807) is 6.92 Å². The zero-order valence-corrected chi connectivity index (χ0v) is 31.5. The summed E-state index contributed by atoms with van der Waals surface area (Å²) in [6.45, 7) is 3.84. The number of phosphoric ester groups is 1. The van der Waals surface area contributed by atoms with Gasteiger partial charge in [-0.1, -0.05) is 149 Å². The molecule has 0 bridgehead atoms. The highest BCUT2D eigenvalue weighted by atomic mass is 31.2. The van der Waals surface area contributed by atoms with Crippen LogP contribution in [-0.4, -0.2) is 74.9 Å². The Balaban J connectivity index is 3.82. The van der Waals surface area contributed by atoms with Crippen LogP contribution in [0.25, 0.3) is 0 Å². The number of carbonyl (C=O) groups excluding carboxylic acids is 2. The van der Waals surface area contributed by atoms with Crippen molar-refractivity contribution in [3.05, 3.63) is 0 Å². The molecule has 0 heterocycles. The van der Waals surface area contributed by atoms with Crippen LogP contribution in [0.5, 0.6) is 0 Å². The van der Waals surface area contributed by atoms with Crippen molar-refractivity contribution < 1.29 is 42.1 Å². The molecule has 0 aromatic carbocycles. The van der Waals surface area contributed by atoms with Gasteiger partial charge in [-0.05, 0) is 6.42 Å². The highest BCUT2D eigenvalue weighted by Gasteiger charge is 2.26. The molecule has 2 unspecified atom stereocenters. The monoisotopic (exact) mass is 679 g/mol. The smallest absolute Gasteiger partial charge is 0.462 e. The van der Waals surface area contributed by atoms with Crippen LogP contribution in [0.15, 0.2) is 0 Å². The third kappa shape index (κ3) is 32.9. The molecule has 0 aromatic rings. The summed E-state index contributed by atoms with van der Waals surface area (Å²) in [6.07, 6.45) is 28.3. The van der Waals surface area contributed by atoms with Crippen LogP contribution < -0.4 is 0 Å². The fourth-order valence-corrected chi connectivity index (χ4v) is 5.91. The van der Waals surface area contributed by atoms with Crippen LogP contribution in [0, 0.1) is 0 Å². The average Bonchev–Trinajstić information content (AvgIpc) is 3.00. The van der Waals surface area contributed by atoms with Gasteiger partial charge in [0.1, 0.15) is 19.8 Å². The first-order valence-corrected chi connectivity index (χ1v) is 20.3. The van der Waals surface area contributed by atoms with E-state index >= 15 is 0 Å². The molecule has 0 saturated heterocycles. The number of rotatable bonds is 34. The lowest BCUT2D eigenvalue weighted by molar-refractivity contribution is -0.870. The van der Waals surface area contributed by atoms with Gasteiger partial charge in [-0.15, -0.1) is 0 Å². The summed E-state index contributed by atoms with van der Waals surface area (Å²) in [4.78, 5) is 34.0. The average molecular weight is 679 g/mol. The number of carbonyl (C=O) groups is 2. The van der Waals surface area contributed by atoms with Crippen LogP contribution in [0.4, 0.5) is 0 Å². The molecule has 274 valence electrons. The zero-order chi connectivity index (χ0) is 34.4. The maximum absolute atomic E-state index is 12.4. The van der Waals surface area contributed by atoms with Crippen LogP contribution in [0.3, 0.4) is 0 Å². The van der Waals surface area contributed by atoms with Gasteiger partial charge in [0.25, 0.3) is 0 Å². The lowest BCUT2D eigenvalue weighted by atomic mass is 10.0. The highest BCUT2D eigenvalue weighted by molar-refractivity contribution is 7.47. The van der Waals surface area contributed by atoms with E-state index < -0.39 is 32.5 Å². The summed E-state index contributed by atoms with van der Waals surface area (Å²) in [7, 11) is 1.48. The van der Waals surface area contributed by atoms with E-state index in [0.29, 0.717) is 17.4 Å². The fourth-order valence-electron chi connectivity index (χ4n) is 5.17. The minimum Gasteiger partial charge on any atom is -0.462 e. The van der Waals surface area contributed by atoms with E-state index in [1.165, 1.54) is 122 Å². The van der Waals surface area contributed by atoms with Gasteiger partial charge in [-0.3, -0.25) is 18.6 Å². The van der Waals surface area contributed by atoms with Gasteiger partial charge < -0.3 is 18.9 Å². The number of ether oxygens (including phenoxy) is 2. The zero-order valence-electron chi connectivity index (χ0n) is 30.6. The first-order valence-electron chi connectivity index (χ1n) is 18.8. The SMILES string of the molecule is CCCCCCCCCCCCCCCCCCCCCCCCC(=O)OC(COC(=O)CC)COP(=O)(O)OCC[N+](C)(C)C. The molecule has 46 heavy (non-hydrogen) atoms. The van der Waals surface area contributed by atoms with Gasteiger partial charge in [-0.25, -0.2) is 4.57 Å². The molecule has 0 saturated carbocycles. The summed E-state index contributed by atoms with van der Waals surface area (Å²) < 4.78 is 33.3. The Kier molecular flexibility index (Phi) is 29.4. The quantitative estimate of drug-likeness (QED) is 0.0310. The number of likely N-dealkylation sites (N-methyl/N-ethyl adjacent to an activating group) is 1. The van der Waals surface area contributed by atoms with Gasteiger partial charge >= 0.3 is 19.8 Å². The largest absolute Gasteiger partial charge is 0.472 e. The molecule has 0 aromatic heterocycles. The molecule has 0 aliphatic heterocycles. The second-order valence-corrected chi connectivity index (χ2v) is 15.4. The Hall–Kier alpha value is -0.990. The van der Waals surface area contributed by atoms with Crippen LogP contribution in [-0.2, 0) is 32.7 Å². The molecule has 9 nitrogen and oxygen atoms in total. The van der Waals surface area contributed by atoms with Crippen molar-refractivity contribution in [2.24, 2.45) is 0 Å². The molecule has 0 radical (unpaired) electrons. The summed E-state index contributed by atoms with van der Waals surface area (Å²) in [5.41, 5.74) is 0. The van der Waals surface area contributed by atoms with E-state index in [-0.39, 0.29) is 26.1 Å². The number of unbranched alkanes of at least 4 members (excludes halogenated alkanes) is 21. The van der Waals surface area contributed by atoms with Crippen molar-refractivity contribution in [1.29, 1.82) is 0 Å². The summed E-state index contributed by atoms with van der Waals surface area (Å²) in [6, 6.07) is 0. The number of phosphoric acid groups is 1. The number of hydrogen-bond donors (Lipinski definition) is 1. The lowest BCUT2D eigenvalue weighted by Gasteiger charge is -2.24. The Morgan fingerprint density at radius 2 is 1.02 bits per heavy atom. The molecular weight excluding hydrogens is 605 g/mol. The number of esters is 2. The van der Waals surface area contributed by atoms with Crippen molar-refractivity contribution in [2.75, 3.05) is 47.5 Å². The van der Waals surface area contributed by atoms with Crippen molar-refractivity contribution >= 4 is 19.8 Å². The molecule has 2 atom stereocenters. The van der Waals surface area contributed by atoms with Crippen molar-refractivity contribution in [1.82, 2.24) is 0 Å². The fraction of sp³-hybridized carbons (Fsp3) is 0.944. The van der Waals surface area contributed by atoms with Crippen LogP contribution >= 0.6 is 7.82 Å². The van der Waals surface area contributed by atoms with Gasteiger partial charge in [0.2, 0.25) is 0 Å². The Bertz CT molecular complexity index is 774. The van der Waals surface area contributed by atoms with E-state index in [9.17, 15) is 19.0 Å². The summed E-state index contributed by atoms with van der Waals surface area (Å²) >= 11 is 0. The minimum atomic E-state index is -4.33. The summed E-state index contributed by atoms with van der Waals surface area (Å²) in [5, 5.41) is 0. The van der Waals surface area contributed by atoms with Gasteiger partial charge in [0.05, 0.1) is 27.7 Å².